The van der Waals surface area contributed by atoms with E-state index in [0.717, 1.165) is 31.4 Å². The molecule has 7 atom stereocenters. The molecule has 1 N–H and O–H groups in total. The van der Waals surface area contributed by atoms with Crippen LogP contribution >= 0.6 is 0 Å². The molecule has 144 valence electrons. The number of aliphatic hydroxyl groups is 1. The van der Waals surface area contributed by atoms with Crippen molar-refractivity contribution in [2.45, 2.75) is 71.3 Å². The quantitative estimate of drug-likeness (QED) is 0.764. The zero-order chi connectivity index (χ0) is 18.3. The van der Waals surface area contributed by atoms with Crippen LogP contribution in [0.3, 0.4) is 0 Å². The number of piperidine rings is 1. The largest absolute Gasteiger partial charge is 0.388 e. The van der Waals surface area contributed by atoms with E-state index < -0.39 is 11.5 Å². The fourth-order valence-electron chi connectivity index (χ4n) is 8.70. The minimum atomic E-state index is -0.586. The molecule has 3 heteroatoms. The standard InChI is InChI=1S/C23H35NO2/c1-4-10-24-13-21(3)7-5-8-22(14-24)17(21)12-19(25)23-9-6-16(11-18(22)23)15(2)20(23)26/h16-18,20,26H,2,4-14H2,1,3H3/t16-,17?,18?,20-,21-,22-,23+/m0/s1. The normalized spacial score (nSPS) is 53.3. The third kappa shape index (κ3) is 1.90. The summed E-state index contributed by atoms with van der Waals surface area (Å²) in [6, 6.07) is 0. The van der Waals surface area contributed by atoms with Crippen molar-refractivity contribution in [1.29, 1.82) is 0 Å². The Bertz CT molecular complexity index is 659. The van der Waals surface area contributed by atoms with E-state index in [-0.39, 0.29) is 10.8 Å². The molecule has 1 heterocycles. The SMILES string of the molecule is C=C1[C@H]2CC[C@@]3(C(=O)CC4[C@@]5(C)CCC[C@@]4(CN(CCC)C5)C3C2)[C@H]1O. The average molecular weight is 358 g/mol. The number of Topliss-reactive ketones (excluding diaryl/α,β-unsaturated/α-hetero) is 1. The van der Waals surface area contributed by atoms with Crippen molar-refractivity contribution in [2.75, 3.05) is 19.6 Å². The Kier molecular flexibility index (Phi) is 3.65. The summed E-state index contributed by atoms with van der Waals surface area (Å²) in [5.74, 6) is 1.72. The molecule has 0 amide bonds. The molecule has 0 aromatic heterocycles. The Balaban J connectivity index is 1.64. The number of nitrogens with zero attached hydrogens (tertiary/aromatic N) is 1. The number of hydrogen-bond donors (Lipinski definition) is 1. The Morgan fingerprint density at radius 1 is 1.23 bits per heavy atom. The topological polar surface area (TPSA) is 40.5 Å². The van der Waals surface area contributed by atoms with Gasteiger partial charge < -0.3 is 10.0 Å². The van der Waals surface area contributed by atoms with E-state index in [0.29, 0.717) is 30.0 Å². The van der Waals surface area contributed by atoms with Gasteiger partial charge in [-0.15, -0.1) is 0 Å². The zero-order valence-corrected chi connectivity index (χ0v) is 16.6. The Morgan fingerprint density at radius 3 is 2.81 bits per heavy atom. The molecule has 0 aromatic rings. The van der Waals surface area contributed by atoms with Gasteiger partial charge in [-0.3, -0.25) is 4.79 Å². The molecule has 6 aliphatic rings. The lowest BCUT2D eigenvalue weighted by molar-refractivity contribution is -0.229. The van der Waals surface area contributed by atoms with E-state index in [1.807, 2.05) is 0 Å². The predicted octanol–water partition coefficient (Wildman–Crippen LogP) is 3.81. The molecule has 6 rings (SSSR count). The summed E-state index contributed by atoms with van der Waals surface area (Å²) in [5, 5.41) is 11.2. The summed E-state index contributed by atoms with van der Waals surface area (Å²) in [4.78, 5) is 16.3. The van der Waals surface area contributed by atoms with Gasteiger partial charge in [-0.1, -0.05) is 26.8 Å². The molecule has 5 aliphatic carbocycles. The van der Waals surface area contributed by atoms with Gasteiger partial charge in [0.2, 0.25) is 0 Å². The van der Waals surface area contributed by atoms with Crippen molar-refractivity contribution >= 4 is 5.78 Å². The fraction of sp³-hybridized carbons (Fsp3) is 0.870. The van der Waals surface area contributed by atoms with Crippen molar-refractivity contribution < 1.29 is 9.90 Å². The second-order valence-corrected chi connectivity index (χ2v) is 10.7. The first-order valence-electron chi connectivity index (χ1n) is 11.0. The monoisotopic (exact) mass is 357 g/mol. The van der Waals surface area contributed by atoms with Gasteiger partial charge >= 0.3 is 0 Å². The van der Waals surface area contributed by atoms with Crippen molar-refractivity contribution in [3.8, 4) is 0 Å². The maximum Gasteiger partial charge on any atom is 0.142 e. The number of fused-ring (bicyclic) bond motifs is 2. The van der Waals surface area contributed by atoms with Crippen LogP contribution in [0.5, 0.6) is 0 Å². The number of ketones is 1. The highest BCUT2D eigenvalue weighted by Gasteiger charge is 2.72. The highest BCUT2D eigenvalue weighted by molar-refractivity contribution is 5.88. The van der Waals surface area contributed by atoms with Gasteiger partial charge in [0, 0.05) is 19.5 Å². The second-order valence-electron chi connectivity index (χ2n) is 10.7. The molecule has 0 radical (unpaired) electrons. The van der Waals surface area contributed by atoms with Crippen LogP contribution in [0.25, 0.3) is 0 Å². The van der Waals surface area contributed by atoms with Crippen LogP contribution in [-0.4, -0.2) is 41.5 Å². The maximum absolute atomic E-state index is 13.6. The smallest absolute Gasteiger partial charge is 0.142 e. The number of rotatable bonds is 2. The minimum Gasteiger partial charge on any atom is -0.388 e. The lowest BCUT2D eigenvalue weighted by atomic mass is 9.34. The summed E-state index contributed by atoms with van der Waals surface area (Å²) in [6.45, 7) is 12.5. The number of carbonyl (C=O) groups is 1. The van der Waals surface area contributed by atoms with Crippen molar-refractivity contribution in [3.63, 3.8) is 0 Å². The van der Waals surface area contributed by atoms with Crippen molar-refractivity contribution in [3.05, 3.63) is 12.2 Å². The summed E-state index contributed by atoms with van der Waals surface area (Å²) < 4.78 is 0. The molecule has 4 bridgehead atoms. The Labute approximate surface area is 158 Å². The van der Waals surface area contributed by atoms with Crippen LogP contribution in [0.15, 0.2) is 12.2 Å². The lowest BCUT2D eigenvalue weighted by Crippen LogP contribution is -2.73. The first kappa shape index (κ1) is 17.4. The van der Waals surface area contributed by atoms with Crippen LogP contribution in [0, 0.1) is 34.0 Å². The number of likely N-dealkylation sites (tertiary alicyclic amines) is 1. The van der Waals surface area contributed by atoms with Gasteiger partial charge in [-0.05, 0) is 79.2 Å². The number of hydrogen-bond acceptors (Lipinski definition) is 3. The minimum absolute atomic E-state index is 0.245. The van der Waals surface area contributed by atoms with Gasteiger partial charge in [-0.2, -0.15) is 0 Å². The fourth-order valence-corrected chi connectivity index (χ4v) is 8.70. The van der Waals surface area contributed by atoms with Gasteiger partial charge in [0.15, 0.2) is 0 Å². The molecule has 1 spiro atoms. The third-order valence-corrected chi connectivity index (χ3v) is 9.58. The second kappa shape index (κ2) is 5.44. The molecule has 26 heavy (non-hydrogen) atoms. The predicted molar refractivity (Wildman–Crippen MR) is 103 cm³/mol. The third-order valence-electron chi connectivity index (χ3n) is 9.58. The van der Waals surface area contributed by atoms with Gasteiger partial charge in [0.05, 0.1) is 11.5 Å². The van der Waals surface area contributed by atoms with E-state index >= 15 is 0 Å². The highest BCUT2D eigenvalue weighted by Crippen LogP contribution is 2.72. The summed E-state index contributed by atoms with van der Waals surface area (Å²) >= 11 is 0. The van der Waals surface area contributed by atoms with E-state index in [1.54, 1.807) is 0 Å². The summed E-state index contributed by atoms with van der Waals surface area (Å²) in [7, 11) is 0. The number of aliphatic hydroxyl groups excluding tert-OH is 1. The molecule has 1 aliphatic heterocycles. The first-order chi connectivity index (χ1) is 12.4. The van der Waals surface area contributed by atoms with E-state index in [1.165, 1.54) is 38.8 Å². The molecular formula is C23H35NO2. The first-order valence-corrected chi connectivity index (χ1v) is 11.0. The summed E-state index contributed by atoms with van der Waals surface area (Å²) in [5.41, 5.74) is 0.988. The van der Waals surface area contributed by atoms with Crippen LogP contribution in [-0.2, 0) is 4.79 Å². The van der Waals surface area contributed by atoms with Crippen LogP contribution in [0.2, 0.25) is 0 Å². The van der Waals surface area contributed by atoms with Gasteiger partial charge in [0.1, 0.15) is 5.78 Å². The van der Waals surface area contributed by atoms with Crippen LogP contribution in [0.1, 0.15) is 65.2 Å². The van der Waals surface area contributed by atoms with Crippen LogP contribution in [0.4, 0.5) is 0 Å². The highest BCUT2D eigenvalue weighted by atomic mass is 16.3. The maximum atomic E-state index is 13.6. The van der Waals surface area contributed by atoms with Crippen LogP contribution < -0.4 is 0 Å². The molecule has 1 saturated heterocycles. The molecule has 0 aromatic carbocycles. The average Bonchev–Trinajstić information content (AvgIpc) is 2.60. The Morgan fingerprint density at radius 2 is 2.04 bits per heavy atom. The molecule has 6 fully saturated rings. The van der Waals surface area contributed by atoms with E-state index in [4.69, 9.17) is 0 Å². The molecular weight excluding hydrogens is 322 g/mol. The zero-order valence-electron chi connectivity index (χ0n) is 16.6. The summed E-state index contributed by atoms with van der Waals surface area (Å²) in [6.07, 6.45) is 8.23. The van der Waals surface area contributed by atoms with E-state index in [2.05, 4.69) is 25.3 Å². The lowest BCUT2D eigenvalue weighted by Gasteiger charge is -2.72. The van der Waals surface area contributed by atoms with Crippen molar-refractivity contribution in [2.24, 2.45) is 34.0 Å². The molecule has 5 saturated carbocycles. The van der Waals surface area contributed by atoms with Gasteiger partial charge in [-0.25, -0.2) is 0 Å². The van der Waals surface area contributed by atoms with E-state index in [9.17, 15) is 9.90 Å². The Hall–Kier alpha value is -0.670. The van der Waals surface area contributed by atoms with Crippen molar-refractivity contribution in [1.82, 2.24) is 4.90 Å². The molecule has 3 nitrogen and oxygen atoms in total. The molecule has 2 unspecified atom stereocenters. The van der Waals surface area contributed by atoms with Gasteiger partial charge in [0.25, 0.3) is 0 Å². The number of carbonyl (C=O) groups excluding carboxylic acids is 1.